The molecule has 1 saturated heterocycles. The van der Waals surface area contributed by atoms with E-state index in [2.05, 4.69) is 62.9 Å². The molecule has 0 radical (unpaired) electrons. The molecule has 2 unspecified atom stereocenters. The van der Waals surface area contributed by atoms with Gasteiger partial charge in [0.05, 0.1) is 13.6 Å². The van der Waals surface area contributed by atoms with Crippen molar-refractivity contribution in [1.29, 1.82) is 0 Å². The lowest BCUT2D eigenvalue weighted by Gasteiger charge is -2.27. The van der Waals surface area contributed by atoms with E-state index < -0.39 is 0 Å². The van der Waals surface area contributed by atoms with E-state index in [1.54, 1.807) is 7.05 Å². The van der Waals surface area contributed by atoms with Gasteiger partial charge in [-0.3, -0.25) is 4.90 Å². The fourth-order valence-corrected chi connectivity index (χ4v) is 2.83. The zero-order chi connectivity index (χ0) is 14.7. The third-order valence-corrected chi connectivity index (χ3v) is 4.09. The van der Waals surface area contributed by atoms with Crippen molar-refractivity contribution in [3.63, 3.8) is 0 Å². The molecule has 1 fully saturated rings. The molecule has 1 aliphatic heterocycles. The van der Waals surface area contributed by atoms with Gasteiger partial charge in [-0.2, -0.15) is 4.80 Å². The quantitative estimate of drug-likeness (QED) is 0.917. The van der Waals surface area contributed by atoms with Gasteiger partial charge in [0.25, 0.3) is 0 Å². The van der Waals surface area contributed by atoms with E-state index in [0.29, 0.717) is 12.1 Å². The summed E-state index contributed by atoms with van der Waals surface area (Å²) < 4.78 is 0. The van der Waals surface area contributed by atoms with Gasteiger partial charge in [0, 0.05) is 18.6 Å². The average molecular weight is 286 g/mol. The van der Waals surface area contributed by atoms with Gasteiger partial charge < -0.3 is 5.32 Å². The SMILES string of the molecule is CC1CCNC(c2ccccc2)CN1Cc1nnn(C)n1. The number of aryl methyl sites for hydroxylation is 1. The van der Waals surface area contributed by atoms with Crippen molar-refractivity contribution in [1.82, 2.24) is 30.4 Å². The first kappa shape index (κ1) is 14.2. The molecule has 2 atom stereocenters. The Labute approximate surface area is 125 Å². The molecule has 6 heteroatoms. The van der Waals surface area contributed by atoms with Crippen LogP contribution < -0.4 is 5.32 Å². The van der Waals surface area contributed by atoms with E-state index in [9.17, 15) is 0 Å². The van der Waals surface area contributed by atoms with E-state index in [0.717, 1.165) is 31.9 Å². The zero-order valence-corrected chi connectivity index (χ0v) is 12.6. The fourth-order valence-electron chi connectivity index (χ4n) is 2.83. The maximum Gasteiger partial charge on any atom is 0.188 e. The smallest absolute Gasteiger partial charge is 0.188 e. The number of aromatic nitrogens is 4. The largest absolute Gasteiger partial charge is 0.309 e. The third-order valence-electron chi connectivity index (χ3n) is 4.09. The number of nitrogens with one attached hydrogen (secondary N) is 1. The van der Waals surface area contributed by atoms with Crippen molar-refractivity contribution >= 4 is 0 Å². The van der Waals surface area contributed by atoms with Gasteiger partial charge in [0.2, 0.25) is 0 Å². The van der Waals surface area contributed by atoms with Crippen molar-refractivity contribution in [3.05, 3.63) is 41.7 Å². The fraction of sp³-hybridized carbons (Fsp3) is 0.533. The summed E-state index contributed by atoms with van der Waals surface area (Å²) in [5, 5.41) is 16.0. The summed E-state index contributed by atoms with van der Waals surface area (Å²) in [5.41, 5.74) is 1.34. The van der Waals surface area contributed by atoms with Crippen LogP contribution >= 0.6 is 0 Å². The molecule has 0 bridgehead atoms. The van der Waals surface area contributed by atoms with Crippen molar-refractivity contribution in [2.24, 2.45) is 7.05 Å². The summed E-state index contributed by atoms with van der Waals surface area (Å²) in [7, 11) is 1.80. The number of tetrazole rings is 1. The molecule has 3 rings (SSSR count). The molecule has 0 amide bonds. The maximum atomic E-state index is 4.30. The number of rotatable bonds is 3. The molecule has 6 nitrogen and oxygen atoms in total. The van der Waals surface area contributed by atoms with Gasteiger partial charge in [-0.05, 0) is 30.7 Å². The monoisotopic (exact) mass is 286 g/mol. The molecule has 2 heterocycles. The molecular weight excluding hydrogens is 264 g/mol. The van der Waals surface area contributed by atoms with Crippen LogP contribution in [-0.4, -0.2) is 44.2 Å². The third kappa shape index (κ3) is 3.46. The number of benzene rings is 1. The van der Waals surface area contributed by atoms with Crippen LogP contribution in [0.15, 0.2) is 30.3 Å². The minimum atomic E-state index is 0.354. The second-order valence-electron chi connectivity index (χ2n) is 5.68. The first-order chi connectivity index (χ1) is 10.2. The summed E-state index contributed by atoms with van der Waals surface area (Å²) >= 11 is 0. The lowest BCUT2D eigenvalue weighted by Crippen LogP contribution is -2.35. The number of hydrogen-bond donors (Lipinski definition) is 1. The van der Waals surface area contributed by atoms with Crippen LogP contribution in [-0.2, 0) is 13.6 Å². The second-order valence-corrected chi connectivity index (χ2v) is 5.68. The standard InChI is InChI=1S/C15H22N6/c1-12-8-9-16-14(13-6-4-3-5-7-13)10-21(12)11-15-17-19-20(2)18-15/h3-7,12,14,16H,8-11H2,1-2H3. The summed E-state index contributed by atoms with van der Waals surface area (Å²) in [4.78, 5) is 3.96. The minimum absolute atomic E-state index is 0.354. The molecule has 21 heavy (non-hydrogen) atoms. The Bertz CT molecular complexity index is 567. The van der Waals surface area contributed by atoms with Crippen molar-refractivity contribution in [2.75, 3.05) is 13.1 Å². The van der Waals surface area contributed by atoms with Crippen molar-refractivity contribution < 1.29 is 0 Å². The predicted molar refractivity (Wildman–Crippen MR) is 80.5 cm³/mol. The minimum Gasteiger partial charge on any atom is -0.309 e. The highest BCUT2D eigenvalue weighted by Crippen LogP contribution is 2.20. The van der Waals surface area contributed by atoms with Gasteiger partial charge in [-0.25, -0.2) is 0 Å². The van der Waals surface area contributed by atoms with Crippen molar-refractivity contribution in [3.8, 4) is 0 Å². The summed E-state index contributed by atoms with van der Waals surface area (Å²) in [5.74, 6) is 0.790. The summed E-state index contributed by atoms with van der Waals surface area (Å²) in [6.07, 6.45) is 1.13. The van der Waals surface area contributed by atoms with Crippen LogP contribution in [0.5, 0.6) is 0 Å². The molecule has 0 saturated carbocycles. The molecule has 2 aromatic rings. The van der Waals surface area contributed by atoms with Crippen LogP contribution in [0.3, 0.4) is 0 Å². The first-order valence-electron chi connectivity index (χ1n) is 7.47. The number of nitrogens with zero attached hydrogens (tertiary/aromatic N) is 5. The first-order valence-corrected chi connectivity index (χ1v) is 7.47. The number of hydrogen-bond acceptors (Lipinski definition) is 5. The van der Waals surface area contributed by atoms with Gasteiger partial charge in [-0.1, -0.05) is 30.3 Å². The predicted octanol–water partition coefficient (Wildman–Crippen LogP) is 1.14. The van der Waals surface area contributed by atoms with E-state index >= 15 is 0 Å². The van der Waals surface area contributed by atoms with Gasteiger partial charge >= 0.3 is 0 Å². The Morgan fingerprint density at radius 2 is 2.10 bits per heavy atom. The zero-order valence-electron chi connectivity index (χ0n) is 12.6. The van der Waals surface area contributed by atoms with E-state index in [1.165, 1.54) is 10.4 Å². The van der Waals surface area contributed by atoms with E-state index in [1.807, 2.05) is 0 Å². The van der Waals surface area contributed by atoms with Gasteiger partial charge in [0.15, 0.2) is 5.82 Å². The Kier molecular flexibility index (Phi) is 4.26. The van der Waals surface area contributed by atoms with E-state index in [-0.39, 0.29) is 0 Å². The van der Waals surface area contributed by atoms with Crippen molar-refractivity contribution in [2.45, 2.75) is 32.0 Å². The summed E-state index contributed by atoms with van der Waals surface area (Å²) in [6, 6.07) is 11.5. The molecule has 0 aliphatic carbocycles. The van der Waals surface area contributed by atoms with Crippen LogP contribution in [0.4, 0.5) is 0 Å². The van der Waals surface area contributed by atoms with Crippen LogP contribution in [0, 0.1) is 0 Å². The molecular formula is C15H22N6. The Morgan fingerprint density at radius 3 is 2.81 bits per heavy atom. The molecule has 1 aromatic heterocycles. The molecule has 1 aliphatic rings. The lowest BCUT2D eigenvalue weighted by molar-refractivity contribution is 0.191. The highest BCUT2D eigenvalue weighted by molar-refractivity contribution is 5.19. The Morgan fingerprint density at radius 1 is 1.29 bits per heavy atom. The highest BCUT2D eigenvalue weighted by atomic mass is 15.6. The maximum absolute atomic E-state index is 4.30. The molecule has 112 valence electrons. The Hall–Kier alpha value is -1.79. The highest BCUT2D eigenvalue weighted by Gasteiger charge is 2.24. The average Bonchev–Trinajstić information content (AvgIpc) is 2.81. The van der Waals surface area contributed by atoms with E-state index in [4.69, 9.17) is 0 Å². The molecule has 0 spiro atoms. The molecule has 1 N–H and O–H groups in total. The summed E-state index contributed by atoms with van der Waals surface area (Å²) in [6.45, 7) is 5.01. The topological polar surface area (TPSA) is 58.9 Å². The second kappa shape index (κ2) is 6.32. The normalized spacial score (nSPS) is 23.9. The Balaban J connectivity index is 1.74. The van der Waals surface area contributed by atoms with Crippen LogP contribution in [0.1, 0.15) is 30.8 Å². The van der Waals surface area contributed by atoms with Gasteiger partial charge in [0.1, 0.15) is 0 Å². The molecule has 1 aromatic carbocycles. The van der Waals surface area contributed by atoms with Gasteiger partial charge in [-0.15, -0.1) is 10.2 Å². The lowest BCUT2D eigenvalue weighted by atomic mass is 10.1. The van der Waals surface area contributed by atoms with Crippen LogP contribution in [0.2, 0.25) is 0 Å². The van der Waals surface area contributed by atoms with Crippen LogP contribution in [0.25, 0.3) is 0 Å².